The maximum absolute atomic E-state index is 14.3. The van der Waals surface area contributed by atoms with E-state index >= 15 is 0 Å². The van der Waals surface area contributed by atoms with Gasteiger partial charge in [0.05, 0.1) is 26.1 Å². The summed E-state index contributed by atoms with van der Waals surface area (Å²) in [5, 5.41) is 23.6. The van der Waals surface area contributed by atoms with Crippen molar-refractivity contribution in [2.45, 2.75) is 84.2 Å². The number of ether oxygens (including phenoxy) is 3. The number of furan rings is 1. The third kappa shape index (κ3) is 3.60. The molecule has 2 N–H and O–H groups in total. The van der Waals surface area contributed by atoms with Crippen LogP contribution in [0, 0.1) is 28.1 Å². The molecule has 1 aromatic rings. The van der Waals surface area contributed by atoms with Gasteiger partial charge in [0.1, 0.15) is 12.2 Å². The summed E-state index contributed by atoms with van der Waals surface area (Å²) >= 11 is 0. The number of ketones is 1. The molecular formula is C29H36O10. The third-order valence-corrected chi connectivity index (χ3v) is 10.1. The molecule has 39 heavy (non-hydrogen) atoms. The maximum atomic E-state index is 14.3. The number of rotatable bonds is 4. The lowest BCUT2D eigenvalue weighted by Gasteiger charge is -2.66. The van der Waals surface area contributed by atoms with E-state index in [1.165, 1.54) is 13.2 Å². The number of methoxy groups -OCH3 is 1. The van der Waals surface area contributed by atoms with Crippen molar-refractivity contribution in [2.75, 3.05) is 7.11 Å². The van der Waals surface area contributed by atoms with Gasteiger partial charge in [0.15, 0.2) is 17.5 Å². The van der Waals surface area contributed by atoms with E-state index in [1.54, 1.807) is 33.1 Å². The summed E-state index contributed by atoms with van der Waals surface area (Å²) in [4.78, 5) is 52.3. The summed E-state index contributed by atoms with van der Waals surface area (Å²) in [6.07, 6.45) is 0.208. The largest absolute Gasteiger partial charge is 0.472 e. The topological polar surface area (TPSA) is 150 Å². The highest BCUT2D eigenvalue weighted by molar-refractivity contribution is 5.98. The highest BCUT2D eigenvalue weighted by Crippen LogP contribution is 2.68. The van der Waals surface area contributed by atoms with Crippen LogP contribution in [-0.4, -0.2) is 58.8 Å². The molecule has 8 atom stereocenters. The van der Waals surface area contributed by atoms with E-state index < -0.39 is 75.7 Å². The van der Waals surface area contributed by atoms with Crippen molar-refractivity contribution in [3.63, 3.8) is 0 Å². The molecule has 1 aromatic heterocycles. The van der Waals surface area contributed by atoms with Crippen LogP contribution in [0.1, 0.15) is 72.0 Å². The summed E-state index contributed by atoms with van der Waals surface area (Å²) < 4.78 is 21.6. The van der Waals surface area contributed by atoms with E-state index in [2.05, 4.69) is 0 Å². The Balaban J connectivity index is 1.76. The third-order valence-electron chi connectivity index (χ3n) is 10.1. The first kappa shape index (κ1) is 27.6. The fraction of sp³-hybridized carbons (Fsp3) is 0.655. The van der Waals surface area contributed by atoms with Gasteiger partial charge in [0.2, 0.25) is 0 Å². The Bertz CT molecular complexity index is 1260. The predicted octanol–water partition coefficient (Wildman–Crippen LogP) is 2.81. The molecule has 10 heteroatoms. The van der Waals surface area contributed by atoms with Gasteiger partial charge in [-0.3, -0.25) is 14.4 Å². The molecule has 0 unspecified atom stereocenters. The zero-order valence-corrected chi connectivity index (χ0v) is 23.1. The Labute approximate surface area is 226 Å². The molecule has 212 valence electrons. The molecule has 3 fully saturated rings. The van der Waals surface area contributed by atoms with Crippen LogP contribution in [-0.2, 0) is 33.4 Å². The Kier molecular flexibility index (Phi) is 6.20. The Hall–Kier alpha value is -2.98. The molecule has 5 rings (SSSR count). The van der Waals surface area contributed by atoms with E-state index in [-0.39, 0.29) is 12.8 Å². The lowest BCUT2D eigenvalue weighted by molar-refractivity contribution is -0.246. The average molecular weight is 545 g/mol. The second-order valence-electron chi connectivity index (χ2n) is 12.6. The van der Waals surface area contributed by atoms with Gasteiger partial charge in [-0.2, -0.15) is 0 Å². The number of cyclic esters (lactones) is 1. The van der Waals surface area contributed by atoms with Gasteiger partial charge in [-0.15, -0.1) is 0 Å². The molecule has 2 heterocycles. The quantitative estimate of drug-likeness (QED) is 0.329. The highest BCUT2D eigenvalue weighted by atomic mass is 16.6. The van der Waals surface area contributed by atoms with E-state index in [4.69, 9.17) is 18.6 Å². The molecule has 0 aromatic carbocycles. The summed E-state index contributed by atoms with van der Waals surface area (Å²) in [5.74, 6) is -4.21. The van der Waals surface area contributed by atoms with Crippen molar-refractivity contribution in [2.24, 2.45) is 28.1 Å². The smallest absolute Gasteiger partial charge is 0.335 e. The number of hydrogen-bond donors (Lipinski definition) is 2. The summed E-state index contributed by atoms with van der Waals surface area (Å²) in [5.41, 5.74) is -3.24. The van der Waals surface area contributed by atoms with Crippen molar-refractivity contribution >= 4 is 23.7 Å². The van der Waals surface area contributed by atoms with E-state index in [0.717, 1.165) is 12.7 Å². The summed E-state index contributed by atoms with van der Waals surface area (Å²) in [6.45, 7) is 8.23. The van der Waals surface area contributed by atoms with Crippen LogP contribution in [0.25, 0.3) is 0 Å². The van der Waals surface area contributed by atoms with Crippen LogP contribution in [0.3, 0.4) is 0 Å². The fourth-order valence-electron chi connectivity index (χ4n) is 8.67. The molecule has 4 aliphatic rings. The van der Waals surface area contributed by atoms with Gasteiger partial charge in [0, 0.05) is 41.1 Å². The lowest BCUT2D eigenvalue weighted by atomic mass is 9.39. The van der Waals surface area contributed by atoms with Gasteiger partial charge in [0.25, 0.3) is 0 Å². The average Bonchev–Trinajstić information content (AvgIpc) is 3.39. The van der Waals surface area contributed by atoms with Crippen LogP contribution in [0.5, 0.6) is 0 Å². The molecule has 0 amide bonds. The minimum atomic E-state index is -2.14. The van der Waals surface area contributed by atoms with Crippen LogP contribution >= 0.6 is 0 Å². The zero-order chi connectivity index (χ0) is 28.7. The second kappa shape index (κ2) is 8.76. The van der Waals surface area contributed by atoms with Crippen LogP contribution in [0.4, 0.5) is 0 Å². The van der Waals surface area contributed by atoms with Crippen molar-refractivity contribution in [1.29, 1.82) is 0 Å². The van der Waals surface area contributed by atoms with Gasteiger partial charge in [-0.25, -0.2) is 4.79 Å². The fourth-order valence-corrected chi connectivity index (χ4v) is 8.67. The van der Waals surface area contributed by atoms with Gasteiger partial charge in [-0.05, 0) is 30.4 Å². The first-order valence-corrected chi connectivity index (χ1v) is 13.3. The summed E-state index contributed by atoms with van der Waals surface area (Å²) in [7, 11) is 1.15. The monoisotopic (exact) mass is 544 g/mol. The zero-order valence-electron chi connectivity index (χ0n) is 23.1. The highest BCUT2D eigenvalue weighted by Gasteiger charge is 2.75. The number of carbonyl (C=O) groups excluding carboxylic acids is 4. The number of aliphatic hydroxyl groups excluding tert-OH is 1. The Morgan fingerprint density at radius 1 is 1.18 bits per heavy atom. The van der Waals surface area contributed by atoms with Crippen LogP contribution < -0.4 is 0 Å². The van der Waals surface area contributed by atoms with Gasteiger partial charge in [-0.1, -0.05) is 33.3 Å². The maximum Gasteiger partial charge on any atom is 0.335 e. The normalized spacial score (nSPS) is 39.7. The minimum absolute atomic E-state index is 0.0249. The second-order valence-corrected chi connectivity index (χ2v) is 12.6. The number of fused-ring (bicyclic) bond motifs is 5. The molecule has 2 saturated carbocycles. The number of carbonyl (C=O) groups is 4. The molecule has 0 spiro atoms. The van der Waals surface area contributed by atoms with Crippen LogP contribution in [0.15, 0.2) is 34.2 Å². The first-order valence-electron chi connectivity index (χ1n) is 13.3. The van der Waals surface area contributed by atoms with Crippen molar-refractivity contribution in [3.8, 4) is 0 Å². The SMILES string of the molecule is COC(=O)[C@H](O)[C@H]1C(C)(C)[C@H](OC(C)=O)[C@]2(O)CC3=C4CC(=O)O[C@@H](c5ccoc5)[C@]4(C)CC[C@@H]3[C@@]1(C)C2=O. The van der Waals surface area contributed by atoms with E-state index in [1.807, 2.05) is 6.92 Å². The predicted molar refractivity (Wildman–Crippen MR) is 134 cm³/mol. The van der Waals surface area contributed by atoms with Crippen molar-refractivity contribution < 1.29 is 48.0 Å². The molecule has 1 saturated heterocycles. The molecule has 3 aliphatic carbocycles. The van der Waals surface area contributed by atoms with Crippen LogP contribution in [0.2, 0.25) is 0 Å². The van der Waals surface area contributed by atoms with E-state index in [9.17, 15) is 29.4 Å². The molecular weight excluding hydrogens is 508 g/mol. The minimum Gasteiger partial charge on any atom is -0.472 e. The van der Waals surface area contributed by atoms with Crippen molar-refractivity contribution in [3.05, 3.63) is 35.3 Å². The number of hydrogen-bond acceptors (Lipinski definition) is 10. The number of aliphatic hydroxyl groups is 2. The number of esters is 3. The molecule has 10 nitrogen and oxygen atoms in total. The Morgan fingerprint density at radius 2 is 1.87 bits per heavy atom. The standard InChI is InChI=1S/C29H36O10/c1-14(30)38-25-26(2,3)21(20(32)23(33)36-6)28(5)17-7-9-27(4)18(16(17)12-29(25,35)24(28)34)11-19(31)39-22(27)15-8-10-37-13-15/h8,10,13,17,20-22,25,32,35H,7,9,11-12H2,1-6H3/t17-,20+,21-,22-,25-,27+,28+,29-/m0/s1. The lowest BCUT2D eigenvalue weighted by Crippen LogP contribution is -2.76. The van der Waals surface area contributed by atoms with Gasteiger partial charge < -0.3 is 28.8 Å². The first-order chi connectivity index (χ1) is 18.1. The molecule has 2 bridgehead atoms. The summed E-state index contributed by atoms with van der Waals surface area (Å²) in [6, 6.07) is 1.75. The number of Topliss-reactive ketones (excluding diaryl/α,β-unsaturated/α-hetero) is 1. The molecule has 1 aliphatic heterocycles. The Morgan fingerprint density at radius 3 is 2.46 bits per heavy atom. The molecule has 0 radical (unpaired) electrons. The van der Waals surface area contributed by atoms with Crippen molar-refractivity contribution in [1.82, 2.24) is 0 Å². The van der Waals surface area contributed by atoms with E-state index in [0.29, 0.717) is 24.0 Å². The van der Waals surface area contributed by atoms with Gasteiger partial charge >= 0.3 is 17.9 Å².